The van der Waals surface area contributed by atoms with E-state index in [2.05, 4.69) is 46.0 Å². The Morgan fingerprint density at radius 3 is 3.00 bits per heavy atom. The largest absolute Gasteiger partial charge is 0.362 e. The van der Waals surface area contributed by atoms with Crippen molar-refractivity contribution in [2.45, 2.75) is 20.3 Å². The minimum absolute atomic E-state index is 0.535. The van der Waals surface area contributed by atoms with Crippen LogP contribution in [-0.2, 0) is 6.42 Å². The Hall–Kier alpha value is -1.88. The van der Waals surface area contributed by atoms with E-state index >= 15 is 0 Å². The number of benzene rings is 1. The van der Waals surface area contributed by atoms with Gasteiger partial charge in [-0.15, -0.1) is 0 Å². The number of para-hydroxylation sites is 1. The van der Waals surface area contributed by atoms with Crippen LogP contribution in [0.2, 0.25) is 0 Å². The summed E-state index contributed by atoms with van der Waals surface area (Å²) in [6.45, 7) is 4.93. The van der Waals surface area contributed by atoms with Gasteiger partial charge in [-0.2, -0.15) is 5.10 Å². The Morgan fingerprint density at radius 1 is 1.42 bits per heavy atom. The van der Waals surface area contributed by atoms with Gasteiger partial charge in [0.25, 0.3) is 0 Å². The first-order chi connectivity index (χ1) is 9.26. The number of aromatic nitrogens is 1. The molecular formula is C14H18N4S. The van der Waals surface area contributed by atoms with E-state index in [0.29, 0.717) is 5.11 Å². The lowest BCUT2D eigenvalue weighted by molar-refractivity contribution is 0.904. The highest BCUT2D eigenvalue weighted by Crippen LogP contribution is 2.20. The van der Waals surface area contributed by atoms with Crippen LogP contribution in [0.3, 0.4) is 0 Å². The number of rotatable bonds is 4. The fraction of sp³-hybridized carbons (Fsp3) is 0.286. The lowest BCUT2D eigenvalue weighted by Crippen LogP contribution is -2.31. The smallest absolute Gasteiger partial charge is 0.186 e. The van der Waals surface area contributed by atoms with Crippen LogP contribution in [0.1, 0.15) is 25.0 Å². The summed E-state index contributed by atoms with van der Waals surface area (Å²) in [5.74, 6) is 0. The van der Waals surface area contributed by atoms with E-state index in [4.69, 9.17) is 12.2 Å². The molecule has 3 N–H and O–H groups in total. The van der Waals surface area contributed by atoms with E-state index in [1.807, 2.05) is 13.1 Å². The summed E-state index contributed by atoms with van der Waals surface area (Å²) in [6.07, 6.45) is 4.75. The number of H-pyrrole nitrogens is 1. The topological polar surface area (TPSA) is 52.2 Å². The van der Waals surface area contributed by atoms with Crippen molar-refractivity contribution in [2.75, 3.05) is 6.54 Å². The highest BCUT2D eigenvalue weighted by molar-refractivity contribution is 7.80. The van der Waals surface area contributed by atoms with Crippen LogP contribution in [0, 0.1) is 0 Å². The number of nitrogens with zero attached hydrogens (tertiary/aromatic N) is 1. The van der Waals surface area contributed by atoms with E-state index in [9.17, 15) is 0 Å². The van der Waals surface area contributed by atoms with Gasteiger partial charge < -0.3 is 10.3 Å². The van der Waals surface area contributed by atoms with Crippen molar-refractivity contribution in [2.24, 2.45) is 5.10 Å². The van der Waals surface area contributed by atoms with Crippen LogP contribution in [0.25, 0.3) is 10.9 Å². The number of hydrogen-bond acceptors (Lipinski definition) is 2. The van der Waals surface area contributed by atoms with Gasteiger partial charge in [-0.25, -0.2) is 0 Å². The average Bonchev–Trinajstić information content (AvgIpc) is 2.82. The average molecular weight is 274 g/mol. The molecule has 19 heavy (non-hydrogen) atoms. The molecule has 0 bridgehead atoms. The summed E-state index contributed by atoms with van der Waals surface area (Å²) in [6, 6.07) is 6.30. The number of fused-ring (bicyclic) bond motifs is 1. The maximum Gasteiger partial charge on any atom is 0.186 e. The zero-order valence-corrected chi connectivity index (χ0v) is 12.0. The van der Waals surface area contributed by atoms with Crippen molar-refractivity contribution >= 4 is 34.4 Å². The summed E-state index contributed by atoms with van der Waals surface area (Å²) < 4.78 is 0. The lowest BCUT2D eigenvalue weighted by Gasteiger charge is -2.02. The summed E-state index contributed by atoms with van der Waals surface area (Å²) in [5.41, 5.74) is 6.34. The van der Waals surface area contributed by atoms with E-state index < -0.39 is 0 Å². The van der Waals surface area contributed by atoms with Gasteiger partial charge in [0, 0.05) is 29.2 Å². The third-order valence-corrected chi connectivity index (χ3v) is 3.16. The molecule has 1 aromatic carbocycles. The van der Waals surface area contributed by atoms with Gasteiger partial charge in [0.15, 0.2) is 5.11 Å². The molecule has 5 heteroatoms. The maximum atomic E-state index is 5.04. The standard InChI is InChI=1S/C14H18N4S/c1-3-10-6-5-7-12-11(8-16-13(10)12)9-17-18-14(19)15-4-2/h5-9,16H,3-4H2,1-2H3,(H2,15,18,19)/b17-9+. The molecule has 4 nitrogen and oxygen atoms in total. The number of hydrazone groups is 1. The molecular weight excluding hydrogens is 256 g/mol. The second-order valence-corrected chi connectivity index (χ2v) is 4.57. The summed E-state index contributed by atoms with van der Waals surface area (Å²) in [4.78, 5) is 3.30. The van der Waals surface area contributed by atoms with Crippen LogP contribution in [-0.4, -0.2) is 22.9 Å². The van der Waals surface area contributed by atoms with Crippen molar-refractivity contribution in [3.8, 4) is 0 Å². The molecule has 0 saturated carbocycles. The first-order valence-corrected chi connectivity index (χ1v) is 6.83. The van der Waals surface area contributed by atoms with Gasteiger partial charge in [-0.3, -0.25) is 5.43 Å². The van der Waals surface area contributed by atoms with Gasteiger partial charge >= 0.3 is 0 Å². The molecule has 0 aliphatic rings. The Kier molecular flexibility index (Phi) is 4.52. The zero-order valence-electron chi connectivity index (χ0n) is 11.2. The molecule has 0 unspecified atom stereocenters. The number of aromatic amines is 1. The quantitative estimate of drug-likeness (QED) is 0.456. The minimum atomic E-state index is 0.535. The molecule has 0 radical (unpaired) electrons. The maximum absolute atomic E-state index is 5.04. The second-order valence-electron chi connectivity index (χ2n) is 4.17. The third kappa shape index (κ3) is 3.12. The monoisotopic (exact) mass is 274 g/mol. The number of nitrogens with one attached hydrogen (secondary N) is 3. The van der Waals surface area contributed by atoms with Crippen LogP contribution in [0.4, 0.5) is 0 Å². The van der Waals surface area contributed by atoms with Gasteiger partial charge in [-0.05, 0) is 31.1 Å². The number of aryl methyl sites for hydroxylation is 1. The summed E-state index contributed by atoms with van der Waals surface area (Å²) in [5, 5.41) is 8.83. The molecule has 0 saturated heterocycles. The summed E-state index contributed by atoms with van der Waals surface area (Å²) in [7, 11) is 0. The second kappa shape index (κ2) is 6.33. The Bertz CT molecular complexity index is 601. The molecule has 2 rings (SSSR count). The van der Waals surface area contributed by atoms with Crippen molar-refractivity contribution in [1.29, 1.82) is 0 Å². The normalized spacial score (nSPS) is 11.1. The molecule has 2 aromatic rings. The highest BCUT2D eigenvalue weighted by atomic mass is 32.1. The first-order valence-electron chi connectivity index (χ1n) is 6.42. The molecule has 0 fully saturated rings. The lowest BCUT2D eigenvalue weighted by atomic mass is 10.1. The molecule has 1 aromatic heterocycles. The Labute approximate surface area is 118 Å². The van der Waals surface area contributed by atoms with E-state index in [-0.39, 0.29) is 0 Å². The first kappa shape index (κ1) is 13.5. The Morgan fingerprint density at radius 2 is 2.26 bits per heavy atom. The van der Waals surface area contributed by atoms with Gasteiger partial charge in [-0.1, -0.05) is 25.1 Å². The summed E-state index contributed by atoms with van der Waals surface area (Å²) >= 11 is 5.04. The SMILES string of the molecule is CCNC(=S)N/N=C/c1c[nH]c2c(CC)cccc12. The fourth-order valence-electron chi connectivity index (χ4n) is 2.00. The van der Waals surface area contributed by atoms with Crippen LogP contribution >= 0.6 is 12.2 Å². The van der Waals surface area contributed by atoms with E-state index in [1.54, 1.807) is 6.21 Å². The highest BCUT2D eigenvalue weighted by Gasteiger charge is 2.04. The van der Waals surface area contributed by atoms with Crippen LogP contribution in [0.15, 0.2) is 29.5 Å². The Balaban J connectivity index is 2.18. The van der Waals surface area contributed by atoms with Crippen molar-refractivity contribution < 1.29 is 0 Å². The van der Waals surface area contributed by atoms with Crippen LogP contribution in [0.5, 0.6) is 0 Å². The minimum Gasteiger partial charge on any atom is -0.362 e. The van der Waals surface area contributed by atoms with E-state index in [0.717, 1.165) is 18.5 Å². The van der Waals surface area contributed by atoms with Crippen molar-refractivity contribution in [3.63, 3.8) is 0 Å². The molecule has 0 aliphatic heterocycles. The van der Waals surface area contributed by atoms with Gasteiger partial charge in [0.2, 0.25) is 0 Å². The van der Waals surface area contributed by atoms with E-state index in [1.165, 1.54) is 16.5 Å². The van der Waals surface area contributed by atoms with Crippen molar-refractivity contribution in [3.05, 3.63) is 35.5 Å². The fourth-order valence-corrected chi connectivity index (χ4v) is 2.20. The molecule has 0 atom stereocenters. The molecule has 0 spiro atoms. The third-order valence-electron chi connectivity index (χ3n) is 2.92. The number of thiocarbonyl (C=S) groups is 1. The predicted octanol–water partition coefficient (Wildman–Crippen LogP) is 2.55. The predicted molar refractivity (Wildman–Crippen MR) is 84.7 cm³/mol. The number of hydrogen-bond donors (Lipinski definition) is 3. The molecule has 1 heterocycles. The van der Waals surface area contributed by atoms with Gasteiger partial charge in [0.1, 0.15) is 0 Å². The van der Waals surface area contributed by atoms with Crippen molar-refractivity contribution in [1.82, 2.24) is 15.7 Å². The van der Waals surface area contributed by atoms with Crippen LogP contribution < -0.4 is 10.7 Å². The van der Waals surface area contributed by atoms with Gasteiger partial charge in [0.05, 0.1) is 6.21 Å². The molecule has 0 aliphatic carbocycles. The molecule has 0 amide bonds. The zero-order chi connectivity index (χ0) is 13.7. The molecule has 100 valence electrons.